The second-order valence-electron chi connectivity index (χ2n) is 4.73. The number of aromatic nitrogens is 2. The molecular formula is C15H20ClN3O. The molecule has 0 aliphatic heterocycles. The number of methoxy groups -OCH3 is 1. The number of halogens is 1. The molecule has 20 heavy (non-hydrogen) atoms. The third-order valence-corrected chi connectivity index (χ3v) is 3.54. The van der Waals surface area contributed by atoms with Crippen molar-refractivity contribution in [1.82, 2.24) is 9.55 Å². The molecule has 108 valence electrons. The molecule has 2 rings (SSSR count). The van der Waals surface area contributed by atoms with Crippen LogP contribution in [-0.4, -0.2) is 29.8 Å². The first-order valence-corrected chi connectivity index (χ1v) is 7.05. The molecular weight excluding hydrogens is 274 g/mol. The quantitative estimate of drug-likeness (QED) is 0.827. The normalized spacial score (nSPS) is 10.8. The van der Waals surface area contributed by atoms with Gasteiger partial charge in [-0.25, -0.2) is 4.98 Å². The van der Waals surface area contributed by atoms with Gasteiger partial charge in [0.1, 0.15) is 0 Å². The average molecular weight is 294 g/mol. The molecule has 0 fully saturated rings. The third kappa shape index (κ3) is 3.32. The summed E-state index contributed by atoms with van der Waals surface area (Å²) in [7, 11) is 1.71. The van der Waals surface area contributed by atoms with E-state index in [-0.39, 0.29) is 0 Å². The van der Waals surface area contributed by atoms with Gasteiger partial charge in [-0.1, -0.05) is 17.7 Å². The lowest BCUT2D eigenvalue weighted by Gasteiger charge is -2.12. The highest BCUT2D eigenvalue weighted by Crippen LogP contribution is 2.25. The zero-order valence-electron chi connectivity index (χ0n) is 12.1. The number of nitrogens with zero attached hydrogens (tertiary/aromatic N) is 2. The van der Waals surface area contributed by atoms with Gasteiger partial charge in [0.2, 0.25) is 5.95 Å². The first kappa shape index (κ1) is 14.9. The SMILES string of the molecule is COCCCNc1nc(C)cn1-c1cccc(Cl)c1C. The van der Waals surface area contributed by atoms with Crippen LogP contribution >= 0.6 is 11.6 Å². The molecule has 0 radical (unpaired) electrons. The van der Waals surface area contributed by atoms with Crippen LogP contribution in [0.3, 0.4) is 0 Å². The topological polar surface area (TPSA) is 39.1 Å². The Balaban J connectivity index is 2.25. The molecule has 1 heterocycles. The molecule has 0 spiro atoms. The van der Waals surface area contributed by atoms with E-state index in [9.17, 15) is 0 Å². The second kappa shape index (κ2) is 6.77. The van der Waals surface area contributed by atoms with Gasteiger partial charge in [0.25, 0.3) is 0 Å². The van der Waals surface area contributed by atoms with Gasteiger partial charge in [-0.3, -0.25) is 4.57 Å². The van der Waals surface area contributed by atoms with E-state index in [1.807, 2.05) is 42.8 Å². The van der Waals surface area contributed by atoms with E-state index in [1.165, 1.54) is 0 Å². The first-order valence-electron chi connectivity index (χ1n) is 6.67. The number of anilines is 1. The fraction of sp³-hybridized carbons (Fsp3) is 0.400. The van der Waals surface area contributed by atoms with Gasteiger partial charge in [0, 0.05) is 31.5 Å². The highest BCUT2D eigenvalue weighted by molar-refractivity contribution is 6.31. The van der Waals surface area contributed by atoms with Crippen LogP contribution < -0.4 is 5.32 Å². The van der Waals surface area contributed by atoms with Crippen LogP contribution in [0.4, 0.5) is 5.95 Å². The fourth-order valence-corrected chi connectivity index (χ4v) is 2.25. The lowest BCUT2D eigenvalue weighted by atomic mass is 10.2. The fourth-order valence-electron chi connectivity index (χ4n) is 2.08. The van der Waals surface area contributed by atoms with Crippen LogP contribution in [0.25, 0.3) is 5.69 Å². The number of rotatable bonds is 6. The summed E-state index contributed by atoms with van der Waals surface area (Å²) in [6, 6.07) is 5.90. The largest absolute Gasteiger partial charge is 0.385 e. The molecule has 0 atom stereocenters. The maximum atomic E-state index is 6.20. The Bertz CT molecular complexity index is 580. The Hall–Kier alpha value is -1.52. The van der Waals surface area contributed by atoms with Crippen LogP contribution in [0.5, 0.6) is 0 Å². The average Bonchev–Trinajstić information content (AvgIpc) is 2.79. The van der Waals surface area contributed by atoms with E-state index in [4.69, 9.17) is 16.3 Å². The van der Waals surface area contributed by atoms with Crippen molar-refractivity contribution in [3.8, 4) is 5.69 Å². The predicted octanol–water partition coefficient (Wildman–Crippen LogP) is 3.59. The number of hydrogen-bond acceptors (Lipinski definition) is 3. The van der Waals surface area contributed by atoms with E-state index in [0.717, 1.165) is 47.5 Å². The Labute approximate surface area is 124 Å². The Morgan fingerprint density at radius 1 is 1.35 bits per heavy atom. The maximum Gasteiger partial charge on any atom is 0.207 e. The van der Waals surface area contributed by atoms with Gasteiger partial charge in [0.15, 0.2) is 0 Å². The molecule has 0 aliphatic rings. The molecule has 1 aromatic carbocycles. The van der Waals surface area contributed by atoms with E-state index < -0.39 is 0 Å². The maximum absolute atomic E-state index is 6.20. The van der Waals surface area contributed by atoms with E-state index in [1.54, 1.807) is 7.11 Å². The number of nitrogens with one attached hydrogen (secondary N) is 1. The summed E-state index contributed by atoms with van der Waals surface area (Å²) < 4.78 is 7.10. The van der Waals surface area contributed by atoms with Gasteiger partial charge < -0.3 is 10.1 Å². The summed E-state index contributed by atoms with van der Waals surface area (Å²) in [5.41, 5.74) is 3.07. The minimum atomic E-state index is 0.739. The lowest BCUT2D eigenvalue weighted by molar-refractivity contribution is 0.197. The third-order valence-electron chi connectivity index (χ3n) is 3.13. The highest BCUT2D eigenvalue weighted by atomic mass is 35.5. The minimum absolute atomic E-state index is 0.739. The summed E-state index contributed by atoms with van der Waals surface area (Å²) in [5.74, 6) is 0.837. The van der Waals surface area contributed by atoms with Gasteiger partial charge in [-0.2, -0.15) is 0 Å². The molecule has 0 bridgehead atoms. The number of ether oxygens (including phenoxy) is 1. The van der Waals surface area contributed by atoms with Crippen molar-refractivity contribution in [2.24, 2.45) is 0 Å². The molecule has 2 aromatic rings. The number of hydrogen-bond donors (Lipinski definition) is 1. The molecule has 0 aliphatic carbocycles. The van der Waals surface area contributed by atoms with E-state index >= 15 is 0 Å². The van der Waals surface area contributed by atoms with Gasteiger partial charge >= 0.3 is 0 Å². The first-order chi connectivity index (χ1) is 9.63. The summed E-state index contributed by atoms with van der Waals surface area (Å²) >= 11 is 6.20. The summed E-state index contributed by atoms with van der Waals surface area (Å²) in [6.45, 7) is 5.56. The zero-order valence-corrected chi connectivity index (χ0v) is 12.9. The van der Waals surface area contributed by atoms with Gasteiger partial charge in [0.05, 0.1) is 11.4 Å². The van der Waals surface area contributed by atoms with Crippen molar-refractivity contribution >= 4 is 17.5 Å². The van der Waals surface area contributed by atoms with Crippen LogP contribution in [0, 0.1) is 13.8 Å². The Morgan fingerprint density at radius 2 is 2.15 bits per heavy atom. The van der Waals surface area contributed by atoms with Crippen molar-refractivity contribution in [1.29, 1.82) is 0 Å². The van der Waals surface area contributed by atoms with Crippen molar-refractivity contribution in [2.75, 3.05) is 25.6 Å². The van der Waals surface area contributed by atoms with Crippen LogP contribution in [0.15, 0.2) is 24.4 Å². The van der Waals surface area contributed by atoms with E-state index in [0.29, 0.717) is 0 Å². The molecule has 1 N–H and O–H groups in total. The Morgan fingerprint density at radius 3 is 2.90 bits per heavy atom. The molecule has 0 saturated heterocycles. The highest BCUT2D eigenvalue weighted by Gasteiger charge is 2.10. The Kier molecular flexibility index (Phi) is 5.04. The monoisotopic (exact) mass is 293 g/mol. The second-order valence-corrected chi connectivity index (χ2v) is 5.14. The van der Waals surface area contributed by atoms with Crippen molar-refractivity contribution in [3.63, 3.8) is 0 Å². The van der Waals surface area contributed by atoms with Crippen LogP contribution in [-0.2, 0) is 4.74 Å². The lowest BCUT2D eigenvalue weighted by Crippen LogP contribution is -2.10. The summed E-state index contributed by atoms with van der Waals surface area (Å²) in [5, 5.41) is 4.11. The molecule has 4 nitrogen and oxygen atoms in total. The number of imidazole rings is 1. The molecule has 5 heteroatoms. The van der Waals surface area contributed by atoms with Gasteiger partial charge in [-0.15, -0.1) is 0 Å². The molecule has 0 unspecified atom stereocenters. The minimum Gasteiger partial charge on any atom is -0.385 e. The number of aryl methyl sites for hydroxylation is 1. The molecule has 0 amide bonds. The van der Waals surface area contributed by atoms with Gasteiger partial charge in [-0.05, 0) is 38.0 Å². The van der Waals surface area contributed by atoms with Crippen molar-refractivity contribution < 1.29 is 4.74 Å². The summed E-state index contributed by atoms with van der Waals surface area (Å²) in [6.07, 6.45) is 2.95. The van der Waals surface area contributed by atoms with E-state index in [2.05, 4.69) is 10.3 Å². The predicted molar refractivity (Wildman–Crippen MR) is 83.0 cm³/mol. The van der Waals surface area contributed by atoms with Crippen LogP contribution in [0.2, 0.25) is 5.02 Å². The van der Waals surface area contributed by atoms with Crippen molar-refractivity contribution in [2.45, 2.75) is 20.3 Å². The molecule has 0 saturated carbocycles. The smallest absolute Gasteiger partial charge is 0.207 e. The zero-order chi connectivity index (χ0) is 14.5. The number of benzene rings is 1. The van der Waals surface area contributed by atoms with Crippen molar-refractivity contribution in [3.05, 3.63) is 40.7 Å². The standard InChI is InChI=1S/C15H20ClN3O/c1-11-10-19(14-7-4-6-13(16)12(14)2)15(18-11)17-8-5-9-20-3/h4,6-7,10H,5,8-9H2,1-3H3,(H,17,18). The summed E-state index contributed by atoms with van der Waals surface area (Å²) in [4.78, 5) is 4.52. The van der Waals surface area contributed by atoms with Crippen LogP contribution in [0.1, 0.15) is 17.7 Å². The molecule has 1 aromatic heterocycles.